The third-order valence-electron chi connectivity index (χ3n) is 10.4. The van der Waals surface area contributed by atoms with E-state index in [4.69, 9.17) is 53.3 Å². The van der Waals surface area contributed by atoms with Crippen molar-refractivity contribution in [3.8, 4) is 0 Å². The van der Waals surface area contributed by atoms with Crippen LogP contribution >= 0.6 is 0 Å². The number of aliphatic hydroxyl groups is 8. The molecule has 2 heterocycles. The zero-order chi connectivity index (χ0) is 40.0. The molecule has 10 unspecified atom stereocenters. The number of unbranched alkanes of at least 4 members (excludes halogenated alkanes) is 1. The van der Waals surface area contributed by atoms with Crippen LogP contribution in [-0.2, 0) is 18.9 Å². The lowest BCUT2D eigenvalue weighted by Crippen LogP contribution is -2.68. The molecule has 2 aliphatic heterocycles. The number of carbonyl (C=O) groups is 2. The van der Waals surface area contributed by atoms with Crippen LogP contribution in [0.1, 0.15) is 25.7 Å². The van der Waals surface area contributed by atoms with E-state index in [0.717, 1.165) is 0 Å². The van der Waals surface area contributed by atoms with E-state index in [0.29, 0.717) is 12.8 Å². The molecule has 24 N–H and O–H groups in total. The molecular formula is C30H60N10O14. The number of carbonyl (C=O) groups excluding carboxylic acids is 2. The second kappa shape index (κ2) is 19.8. The van der Waals surface area contributed by atoms with Gasteiger partial charge >= 0.3 is 12.1 Å². The molecule has 24 nitrogen and oxygen atoms in total. The summed E-state index contributed by atoms with van der Waals surface area (Å²) in [6.07, 6.45) is -17.7. The van der Waals surface area contributed by atoms with E-state index in [1.807, 2.05) is 0 Å². The fourth-order valence-electron chi connectivity index (χ4n) is 7.10. The first-order chi connectivity index (χ1) is 25.5. The zero-order valence-electron chi connectivity index (χ0n) is 29.7. The lowest BCUT2D eigenvalue weighted by atomic mass is 9.84. The van der Waals surface area contributed by atoms with Crippen LogP contribution in [0.25, 0.3) is 0 Å². The molecular weight excluding hydrogens is 724 g/mol. The third-order valence-corrected chi connectivity index (χ3v) is 10.4. The summed E-state index contributed by atoms with van der Waals surface area (Å²) < 4.78 is 22.5. The van der Waals surface area contributed by atoms with Crippen LogP contribution in [0.15, 0.2) is 0 Å². The van der Waals surface area contributed by atoms with Crippen molar-refractivity contribution in [2.24, 2.45) is 34.4 Å². The molecule has 314 valence electrons. The maximum atomic E-state index is 12.5. The summed E-state index contributed by atoms with van der Waals surface area (Å²) in [7, 11) is 0. The van der Waals surface area contributed by atoms with E-state index < -0.39 is 134 Å². The van der Waals surface area contributed by atoms with Crippen LogP contribution in [0.3, 0.4) is 0 Å². The van der Waals surface area contributed by atoms with E-state index in [1.165, 1.54) is 0 Å². The van der Waals surface area contributed by atoms with Crippen LogP contribution in [0, 0.1) is 0 Å². The molecule has 0 aromatic heterocycles. The number of rotatable bonds is 13. The highest BCUT2D eigenvalue weighted by Gasteiger charge is 2.50. The minimum Gasteiger partial charge on any atom is -0.388 e. The standard InChI is InChI=1S/C30H60N10O14/c31-7-13-19(43)21(45)15(35)27(51-13)53-25-9(33)5-11(17(41)23(25)47)39-29(49)37-3-1-2-4-38-30(50)40-12-6-10(34)26(24(48)18(12)42)54-28-16(36)22(46)20(44)14(8-32)52-28/h9-28,41-48H,1-8,31-36H2,(H2,37,39,49)(H2,38,40,50)/t9?,10?,11?,12?,13-,14+,15-,16+,17?,18?,19-,20+,21+,22-,23?,24?,25?,26?,27-,28+. The molecule has 4 amide bonds. The Bertz CT molecular complexity index is 1110. The fraction of sp³-hybridized carbons (Fsp3) is 0.933. The molecule has 0 spiro atoms. The summed E-state index contributed by atoms with van der Waals surface area (Å²) in [5, 5.41) is 93.9. The van der Waals surface area contributed by atoms with Crippen molar-refractivity contribution in [3.63, 3.8) is 0 Å². The van der Waals surface area contributed by atoms with Crippen molar-refractivity contribution >= 4 is 12.1 Å². The second-order valence-corrected chi connectivity index (χ2v) is 14.4. The van der Waals surface area contributed by atoms with Crippen molar-refractivity contribution < 1.29 is 69.4 Å². The summed E-state index contributed by atoms with van der Waals surface area (Å²) in [6.45, 7) is 0.0906. The minimum absolute atomic E-state index is 0.00155. The number of hydrogen-bond acceptors (Lipinski definition) is 20. The SMILES string of the molecule is NC[C@@H]1O[C@@H](OC2C(N)CC(NC(=O)NCCCCNC(=O)NC3CC(N)C(O[C@H]4O[C@H](CN)[C@@H](O)[C@@H](O)[C@H]4N)C(O)C3O)C(O)C2O)[C@@H](N)[C@@H](O)[C@H]1O. The molecule has 2 saturated carbocycles. The highest BCUT2D eigenvalue weighted by Crippen LogP contribution is 2.29. The predicted octanol–water partition coefficient (Wildman–Crippen LogP) is -9.76. The monoisotopic (exact) mass is 784 g/mol. The van der Waals surface area contributed by atoms with Gasteiger partial charge in [-0.2, -0.15) is 0 Å². The van der Waals surface area contributed by atoms with Gasteiger partial charge in [0.25, 0.3) is 0 Å². The lowest BCUT2D eigenvalue weighted by Gasteiger charge is -2.46. The highest BCUT2D eigenvalue weighted by molar-refractivity contribution is 5.74. The Hall–Kier alpha value is -2.18. The normalized spacial score (nSPS) is 45.7. The molecule has 0 aromatic carbocycles. The van der Waals surface area contributed by atoms with Gasteiger partial charge < -0.3 is 115 Å². The number of ether oxygens (including phenoxy) is 4. The fourth-order valence-corrected chi connectivity index (χ4v) is 7.10. The Morgan fingerprint density at radius 1 is 0.556 bits per heavy atom. The van der Waals surface area contributed by atoms with Gasteiger partial charge in [-0.05, 0) is 25.7 Å². The zero-order valence-corrected chi connectivity index (χ0v) is 29.7. The first kappa shape index (κ1) is 44.5. The summed E-state index contributed by atoms with van der Waals surface area (Å²) in [4.78, 5) is 25.1. The van der Waals surface area contributed by atoms with Crippen molar-refractivity contribution in [3.05, 3.63) is 0 Å². The predicted molar refractivity (Wildman–Crippen MR) is 184 cm³/mol. The van der Waals surface area contributed by atoms with Crippen molar-refractivity contribution in [1.29, 1.82) is 0 Å². The molecule has 0 bridgehead atoms. The van der Waals surface area contributed by atoms with Crippen LogP contribution < -0.4 is 55.7 Å². The van der Waals surface area contributed by atoms with Gasteiger partial charge in [0.2, 0.25) is 0 Å². The summed E-state index contributed by atoms with van der Waals surface area (Å²) >= 11 is 0. The van der Waals surface area contributed by atoms with Gasteiger partial charge in [-0.25, -0.2) is 9.59 Å². The van der Waals surface area contributed by atoms with E-state index in [2.05, 4.69) is 21.3 Å². The van der Waals surface area contributed by atoms with Crippen molar-refractivity contribution in [1.82, 2.24) is 21.3 Å². The molecule has 0 radical (unpaired) electrons. The molecule has 0 aromatic rings. The van der Waals surface area contributed by atoms with Gasteiger partial charge in [-0.3, -0.25) is 0 Å². The average molecular weight is 785 g/mol. The number of aliphatic hydroxyl groups excluding tert-OH is 8. The van der Waals surface area contributed by atoms with Crippen LogP contribution in [0.4, 0.5) is 9.59 Å². The highest BCUT2D eigenvalue weighted by atomic mass is 16.7. The lowest BCUT2D eigenvalue weighted by molar-refractivity contribution is -0.288. The molecule has 2 saturated heterocycles. The summed E-state index contributed by atoms with van der Waals surface area (Å²) in [5.41, 5.74) is 35.4. The summed E-state index contributed by atoms with van der Waals surface area (Å²) in [5.74, 6) is 0. The van der Waals surface area contributed by atoms with Gasteiger partial charge in [0, 0.05) is 38.3 Å². The Morgan fingerprint density at radius 2 is 0.907 bits per heavy atom. The number of amides is 4. The topological polar surface area (TPSA) is 437 Å². The van der Waals surface area contributed by atoms with Crippen LogP contribution in [-0.4, -0.2) is 201 Å². The molecule has 4 aliphatic rings. The quantitative estimate of drug-likeness (QED) is 0.0771. The van der Waals surface area contributed by atoms with E-state index in [9.17, 15) is 50.4 Å². The first-order valence-electron chi connectivity index (χ1n) is 18.1. The van der Waals surface area contributed by atoms with Gasteiger partial charge in [0.05, 0.1) is 24.2 Å². The third kappa shape index (κ3) is 10.4. The van der Waals surface area contributed by atoms with Gasteiger partial charge in [-0.1, -0.05) is 0 Å². The maximum absolute atomic E-state index is 12.5. The Kier molecular flexibility index (Phi) is 16.3. The number of nitrogens with one attached hydrogen (secondary N) is 4. The van der Waals surface area contributed by atoms with Crippen molar-refractivity contribution in [2.75, 3.05) is 26.2 Å². The molecule has 2 aliphatic carbocycles. The minimum atomic E-state index is -1.57. The molecule has 54 heavy (non-hydrogen) atoms. The average Bonchev–Trinajstić information content (AvgIpc) is 3.14. The second-order valence-electron chi connectivity index (χ2n) is 14.4. The van der Waals surface area contributed by atoms with Crippen molar-refractivity contribution in [2.45, 2.75) is 148 Å². The largest absolute Gasteiger partial charge is 0.388 e. The Balaban J connectivity index is 1.12. The Morgan fingerprint density at radius 3 is 1.24 bits per heavy atom. The first-order valence-corrected chi connectivity index (χ1v) is 18.1. The van der Waals surface area contributed by atoms with Gasteiger partial charge in [0.1, 0.15) is 73.2 Å². The van der Waals surface area contributed by atoms with Gasteiger partial charge in [-0.15, -0.1) is 0 Å². The molecule has 4 fully saturated rings. The van der Waals surface area contributed by atoms with E-state index in [-0.39, 0.29) is 39.0 Å². The number of hydrogen-bond donors (Lipinski definition) is 18. The van der Waals surface area contributed by atoms with E-state index >= 15 is 0 Å². The number of nitrogens with two attached hydrogens (primary N) is 6. The molecule has 4 rings (SSSR count). The number of urea groups is 2. The summed E-state index contributed by atoms with van der Waals surface area (Å²) in [6, 6.07) is -7.35. The van der Waals surface area contributed by atoms with E-state index in [1.54, 1.807) is 0 Å². The van der Waals surface area contributed by atoms with Crippen LogP contribution in [0.5, 0.6) is 0 Å². The van der Waals surface area contributed by atoms with Crippen LogP contribution in [0.2, 0.25) is 0 Å². The maximum Gasteiger partial charge on any atom is 0.315 e. The van der Waals surface area contributed by atoms with Gasteiger partial charge in [0.15, 0.2) is 12.6 Å². The Labute approximate surface area is 311 Å². The smallest absolute Gasteiger partial charge is 0.315 e. The molecule has 24 heteroatoms. The molecule has 20 atom stereocenters.